The second-order valence-electron chi connectivity index (χ2n) is 3.57. The maximum Gasteiger partial charge on any atom is 0.309 e. The van der Waals surface area contributed by atoms with Gasteiger partial charge in [0.05, 0.1) is 7.11 Å². The van der Waals surface area contributed by atoms with E-state index >= 15 is 0 Å². The van der Waals surface area contributed by atoms with Gasteiger partial charge in [0.15, 0.2) is 11.6 Å². The molecule has 94 valence electrons. The first-order chi connectivity index (χ1) is 7.84. The lowest BCUT2D eigenvalue weighted by molar-refractivity contribution is -0.144. The molecular formula is C11H11F3O3. The molecule has 3 nitrogen and oxygen atoms in total. The van der Waals surface area contributed by atoms with Crippen molar-refractivity contribution in [2.75, 3.05) is 7.11 Å². The van der Waals surface area contributed by atoms with Crippen molar-refractivity contribution in [3.63, 3.8) is 0 Å². The zero-order valence-electron chi connectivity index (χ0n) is 9.04. The van der Waals surface area contributed by atoms with E-state index in [2.05, 4.69) is 4.74 Å². The van der Waals surface area contributed by atoms with Crippen molar-refractivity contribution in [2.45, 2.75) is 18.8 Å². The molecule has 1 aromatic carbocycles. The summed E-state index contributed by atoms with van der Waals surface area (Å²) in [6.07, 6.45) is -2.10. The summed E-state index contributed by atoms with van der Waals surface area (Å²) < 4.78 is 44.1. The molecule has 0 fully saturated rings. The number of carboxylic acid groups (broad SMARTS) is 1. The van der Waals surface area contributed by atoms with E-state index in [1.165, 1.54) is 19.2 Å². The van der Waals surface area contributed by atoms with Crippen molar-refractivity contribution in [3.05, 3.63) is 29.6 Å². The minimum absolute atomic E-state index is 0.0227. The highest BCUT2D eigenvalue weighted by molar-refractivity contribution is 5.67. The molecule has 0 heterocycles. The van der Waals surface area contributed by atoms with Gasteiger partial charge in [-0.05, 0) is 17.7 Å². The van der Waals surface area contributed by atoms with E-state index < -0.39 is 30.6 Å². The van der Waals surface area contributed by atoms with Crippen molar-refractivity contribution in [1.82, 2.24) is 0 Å². The highest BCUT2D eigenvalue weighted by Crippen LogP contribution is 2.26. The largest absolute Gasteiger partial charge is 0.494 e. The molecule has 0 aliphatic heterocycles. The molecule has 0 aliphatic carbocycles. The van der Waals surface area contributed by atoms with Gasteiger partial charge in [0.2, 0.25) is 0 Å². The minimum Gasteiger partial charge on any atom is -0.494 e. The van der Waals surface area contributed by atoms with Crippen molar-refractivity contribution in [1.29, 1.82) is 0 Å². The lowest BCUT2D eigenvalue weighted by Gasteiger charge is -2.14. The zero-order chi connectivity index (χ0) is 13.1. The van der Waals surface area contributed by atoms with Crippen LogP contribution in [0.4, 0.5) is 13.2 Å². The third-order valence-electron chi connectivity index (χ3n) is 2.09. The molecule has 0 aromatic heterocycles. The monoisotopic (exact) mass is 248 g/mol. The zero-order valence-corrected chi connectivity index (χ0v) is 9.04. The van der Waals surface area contributed by atoms with Gasteiger partial charge < -0.3 is 9.84 Å². The quantitative estimate of drug-likeness (QED) is 0.870. The average molecular weight is 248 g/mol. The van der Waals surface area contributed by atoms with Gasteiger partial charge in [0.1, 0.15) is 6.42 Å². The van der Waals surface area contributed by atoms with Gasteiger partial charge in [-0.3, -0.25) is 4.79 Å². The summed E-state index contributed by atoms with van der Waals surface area (Å²) in [6.45, 7) is 0. The Kier molecular flexibility index (Phi) is 3.98. The Morgan fingerprint density at radius 2 is 2.12 bits per heavy atom. The fourth-order valence-electron chi connectivity index (χ4n) is 1.40. The number of alkyl halides is 2. The maximum atomic E-state index is 13.2. The molecule has 0 bridgehead atoms. The molecule has 0 aliphatic rings. The third kappa shape index (κ3) is 3.97. The van der Waals surface area contributed by atoms with Crippen LogP contribution in [-0.2, 0) is 11.2 Å². The van der Waals surface area contributed by atoms with Crippen molar-refractivity contribution in [3.8, 4) is 5.75 Å². The van der Waals surface area contributed by atoms with Crippen LogP contribution in [-0.4, -0.2) is 24.1 Å². The van der Waals surface area contributed by atoms with Crippen LogP contribution >= 0.6 is 0 Å². The Hall–Kier alpha value is -1.72. The van der Waals surface area contributed by atoms with Gasteiger partial charge >= 0.3 is 5.97 Å². The van der Waals surface area contributed by atoms with E-state index in [9.17, 15) is 18.0 Å². The van der Waals surface area contributed by atoms with Crippen LogP contribution in [0, 0.1) is 5.82 Å². The first kappa shape index (κ1) is 13.3. The predicted molar refractivity (Wildman–Crippen MR) is 53.9 cm³/mol. The number of methoxy groups -OCH3 is 1. The molecule has 1 aromatic rings. The first-order valence-electron chi connectivity index (χ1n) is 4.76. The normalized spacial score (nSPS) is 11.3. The molecule has 0 amide bonds. The number of rotatable bonds is 5. The fraction of sp³-hybridized carbons (Fsp3) is 0.364. The van der Waals surface area contributed by atoms with E-state index in [1.54, 1.807) is 0 Å². The lowest BCUT2D eigenvalue weighted by atomic mass is 10.0. The van der Waals surface area contributed by atoms with Crippen molar-refractivity contribution in [2.24, 2.45) is 0 Å². The number of carboxylic acids is 1. The van der Waals surface area contributed by atoms with E-state index in [-0.39, 0.29) is 11.3 Å². The third-order valence-corrected chi connectivity index (χ3v) is 2.09. The van der Waals surface area contributed by atoms with Gasteiger partial charge in [-0.15, -0.1) is 0 Å². The summed E-state index contributed by atoms with van der Waals surface area (Å²) in [4.78, 5) is 10.2. The Morgan fingerprint density at radius 3 is 2.59 bits per heavy atom. The smallest absolute Gasteiger partial charge is 0.309 e. The summed E-state index contributed by atoms with van der Waals surface area (Å²) in [5.74, 6) is -5.79. The highest BCUT2D eigenvalue weighted by Gasteiger charge is 2.32. The highest BCUT2D eigenvalue weighted by atomic mass is 19.3. The topological polar surface area (TPSA) is 46.5 Å². The predicted octanol–water partition coefficient (Wildman–Crippen LogP) is 2.49. The Labute approximate surface area is 95.8 Å². The fourth-order valence-corrected chi connectivity index (χ4v) is 1.40. The van der Waals surface area contributed by atoms with E-state index in [0.717, 1.165) is 6.07 Å². The van der Waals surface area contributed by atoms with Crippen LogP contribution in [0.25, 0.3) is 0 Å². The molecule has 0 spiro atoms. The number of hydrogen-bond donors (Lipinski definition) is 1. The first-order valence-corrected chi connectivity index (χ1v) is 4.76. The molecule has 0 saturated carbocycles. The van der Waals surface area contributed by atoms with Gasteiger partial charge in [0.25, 0.3) is 5.92 Å². The second kappa shape index (κ2) is 5.07. The number of ether oxygens (including phenoxy) is 1. The second-order valence-corrected chi connectivity index (χ2v) is 3.57. The van der Waals surface area contributed by atoms with Crippen molar-refractivity contribution < 1.29 is 27.8 Å². The standard InChI is InChI=1S/C11H11F3O3/c1-17-9-3-2-7(4-8(9)12)5-11(13,14)6-10(15)16/h2-4H,5-6H2,1H3,(H,15,16). The SMILES string of the molecule is COc1ccc(CC(F)(F)CC(=O)O)cc1F. The number of carbonyl (C=O) groups is 1. The molecule has 1 rings (SSSR count). The molecule has 17 heavy (non-hydrogen) atoms. The van der Waals surface area contributed by atoms with Crippen LogP contribution in [0.15, 0.2) is 18.2 Å². The number of halogens is 3. The summed E-state index contributed by atoms with van der Waals surface area (Å²) in [5.41, 5.74) is 0.0227. The minimum atomic E-state index is -3.40. The summed E-state index contributed by atoms with van der Waals surface area (Å²) >= 11 is 0. The van der Waals surface area contributed by atoms with Crippen LogP contribution in [0.5, 0.6) is 5.75 Å². The van der Waals surface area contributed by atoms with Gasteiger partial charge in [-0.1, -0.05) is 6.07 Å². The summed E-state index contributed by atoms with van der Waals surface area (Å²) in [5, 5.41) is 8.29. The summed E-state index contributed by atoms with van der Waals surface area (Å²) in [7, 11) is 1.26. The van der Waals surface area contributed by atoms with Gasteiger partial charge in [0, 0.05) is 6.42 Å². The molecule has 0 radical (unpaired) electrons. The number of hydrogen-bond acceptors (Lipinski definition) is 2. The number of benzene rings is 1. The molecule has 1 N–H and O–H groups in total. The molecule has 0 saturated heterocycles. The molecule has 6 heteroatoms. The Balaban J connectivity index is 2.81. The van der Waals surface area contributed by atoms with Crippen LogP contribution in [0.3, 0.4) is 0 Å². The summed E-state index contributed by atoms with van der Waals surface area (Å²) in [6, 6.07) is 3.41. The van der Waals surface area contributed by atoms with Crippen LogP contribution < -0.4 is 4.74 Å². The van der Waals surface area contributed by atoms with Gasteiger partial charge in [-0.2, -0.15) is 0 Å². The molecule has 0 unspecified atom stereocenters. The molecule has 0 atom stereocenters. The van der Waals surface area contributed by atoms with Crippen LogP contribution in [0.2, 0.25) is 0 Å². The number of aliphatic carboxylic acids is 1. The molecular weight excluding hydrogens is 237 g/mol. The van der Waals surface area contributed by atoms with Crippen LogP contribution in [0.1, 0.15) is 12.0 Å². The van der Waals surface area contributed by atoms with Crippen molar-refractivity contribution >= 4 is 5.97 Å². The van der Waals surface area contributed by atoms with Gasteiger partial charge in [-0.25, -0.2) is 13.2 Å². The Morgan fingerprint density at radius 1 is 1.47 bits per heavy atom. The Bertz CT molecular complexity index is 418. The van der Waals surface area contributed by atoms with E-state index in [1.807, 2.05) is 0 Å². The average Bonchev–Trinajstić information content (AvgIpc) is 2.14. The van der Waals surface area contributed by atoms with E-state index in [0.29, 0.717) is 0 Å². The maximum absolute atomic E-state index is 13.2. The van der Waals surface area contributed by atoms with E-state index in [4.69, 9.17) is 5.11 Å². The lowest BCUT2D eigenvalue weighted by Crippen LogP contribution is -2.23.